The third kappa shape index (κ3) is 2.01. The van der Waals surface area contributed by atoms with Crippen molar-refractivity contribution < 1.29 is 14.6 Å². The minimum Gasteiger partial charge on any atom is -0.494 e. The number of aliphatic carboxylic acids is 1. The van der Waals surface area contributed by atoms with Gasteiger partial charge in [-0.2, -0.15) is 0 Å². The molecule has 1 aromatic heterocycles. The standard InChI is InChI=1S/C14H15NO3/c1-8-7-11(9(2)14(16)17)15-13-10(8)5-4-6-12(13)18-3/h4-7,9H,1-3H3,(H,16,17). The summed E-state index contributed by atoms with van der Waals surface area (Å²) < 4.78 is 5.27. The number of carboxylic acids is 1. The number of aromatic nitrogens is 1. The van der Waals surface area contributed by atoms with Crippen LogP contribution in [0.25, 0.3) is 10.9 Å². The Labute approximate surface area is 105 Å². The highest BCUT2D eigenvalue weighted by Gasteiger charge is 2.17. The normalized spacial score (nSPS) is 12.4. The smallest absolute Gasteiger partial charge is 0.312 e. The number of carbonyl (C=O) groups is 1. The molecule has 0 fully saturated rings. The quantitative estimate of drug-likeness (QED) is 0.903. The summed E-state index contributed by atoms with van der Waals surface area (Å²) in [4.78, 5) is 15.5. The van der Waals surface area contributed by atoms with E-state index in [1.54, 1.807) is 14.0 Å². The Hall–Kier alpha value is -2.10. The number of ether oxygens (including phenoxy) is 1. The third-order valence-corrected chi connectivity index (χ3v) is 3.06. The molecule has 0 aliphatic carbocycles. The first-order valence-corrected chi connectivity index (χ1v) is 5.71. The minimum absolute atomic E-state index is 0.553. The fourth-order valence-electron chi connectivity index (χ4n) is 1.93. The molecule has 2 rings (SSSR count). The zero-order chi connectivity index (χ0) is 13.3. The Morgan fingerprint density at radius 1 is 1.44 bits per heavy atom. The van der Waals surface area contributed by atoms with Gasteiger partial charge < -0.3 is 9.84 Å². The topological polar surface area (TPSA) is 59.4 Å². The second-order valence-corrected chi connectivity index (χ2v) is 4.28. The number of fused-ring (bicyclic) bond motifs is 1. The van der Waals surface area contributed by atoms with Crippen LogP contribution in [0.5, 0.6) is 5.75 Å². The molecule has 1 unspecified atom stereocenters. The van der Waals surface area contributed by atoms with Crippen molar-refractivity contribution in [3.63, 3.8) is 0 Å². The number of pyridine rings is 1. The predicted molar refractivity (Wildman–Crippen MR) is 69.1 cm³/mol. The maximum atomic E-state index is 11.0. The lowest BCUT2D eigenvalue weighted by atomic mass is 10.0. The molecular weight excluding hydrogens is 230 g/mol. The fraction of sp³-hybridized carbons (Fsp3) is 0.286. The van der Waals surface area contributed by atoms with Crippen molar-refractivity contribution in [1.29, 1.82) is 0 Å². The molecule has 0 bridgehead atoms. The van der Waals surface area contributed by atoms with Gasteiger partial charge in [0.2, 0.25) is 0 Å². The Morgan fingerprint density at radius 2 is 2.17 bits per heavy atom. The maximum absolute atomic E-state index is 11.0. The van der Waals surface area contributed by atoms with Crippen LogP contribution in [0.2, 0.25) is 0 Å². The van der Waals surface area contributed by atoms with Crippen LogP contribution in [-0.4, -0.2) is 23.2 Å². The van der Waals surface area contributed by atoms with Crippen LogP contribution in [0.3, 0.4) is 0 Å². The summed E-state index contributed by atoms with van der Waals surface area (Å²) in [6.07, 6.45) is 0. The van der Waals surface area contributed by atoms with E-state index in [-0.39, 0.29) is 0 Å². The van der Waals surface area contributed by atoms with Crippen molar-refractivity contribution in [2.45, 2.75) is 19.8 Å². The summed E-state index contributed by atoms with van der Waals surface area (Å²) in [6.45, 7) is 3.58. The van der Waals surface area contributed by atoms with E-state index >= 15 is 0 Å². The molecule has 0 saturated heterocycles. The van der Waals surface area contributed by atoms with Gasteiger partial charge in [0.05, 0.1) is 18.7 Å². The Morgan fingerprint density at radius 3 is 2.78 bits per heavy atom. The first-order valence-electron chi connectivity index (χ1n) is 5.71. The number of para-hydroxylation sites is 1. The first kappa shape index (κ1) is 12.4. The molecule has 1 N–H and O–H groups in total. The molecule has 0 saturated carbocycles. The number of carboxylic acid groups (broad SMARTS) is 1. The van der Waals surface area contributed by atoms with Gasteiger partial charge in [-0.3, -0.25) is 4.79 Å². The summed E-state index contributed by atoms with van der Waals surface area (Å²) in [6, 6.07) is 7.50. The van der Waals surface area contributed by atoms with Gasteiger partial charge >= 0.3 is 5.97 Å². The van der Waals surface area contributed by atoms with Crippen molar-refractivity contribution >= 4 is 16.9 Å². The Balaban J connectivity index is 2.70. The van der Waals surface area contributed by atoms with Crippen LogP contribution in [0, 0.1) is 6.92 Å². The van der Waals surface area contributed by atoms with Gasteiger partial charge in [-0.25, -0.2) is 4.98 Å². The van der Waals surface area contributed by atoms with Gasteiger partial charge in [0.1, 0.15) is 11.3 Å². The SMILES string of the molecule is COc1cccc2c(C)cc(C(C)C(=O)O)nc12. The highest BCUT2D eigenvalue weighted by Crippen LogP contribution is 2.28. The van der Waals surface area contributed by atoms with Crippen molar-refractivity contribution in [3.05, 3.63) is 35.5 Å². The predicted octanol–water partition coefficient (Wildman–Crippen LogP) is 2.74. The molecule has 0 amide bonds. The second kappa shape index (κ2) is 4.64. The van der Waals surface area contributed by atoms with Crippen LogP contribution in [-0.2, 0) is 4.79 Å². The van der Waals surface area contributed by atoms with E-state index in [1.165, 1.54) is 0 Å². The van der Waals surface area contributed by atoms with Crippen LogP contribution in [0.1, 0.15) is 24.1 Å². The first-order chi connectivity index (χ1) is 8.54. The second-order valence-electron chi connectivity index (χ2n) is 4.28. The average molecular weight is 245 g/mol. The van der Waals surface area contributed by atoms with Gasteiger partial charge in [0.15, 0.2) is 0 Å². The van der Waals surface area contributed by atoms with Gasteiger partial charge in [-0.15, -0.1) is 0 Å². The molecule has 0 aliphatic heterocycles. The summed E-state index contributed by atoms with van der Waals surface area (Å²) in [5.74, 6) is -0.843. The molecule has 1 aromatic carbocycles. The highest BCUT2D eigenvalue weighted by molar-refractivity contribution is 5.88. The number of nitrogens with zero attached hydrogens (tertiary/aromatic N) is 1. The van der Waals surface area contributed by atoms with E-state index in [0.717, 1.165) is 10.9 Å². The molecule has 1 atom stereocenters. The largest absolute Gasteiger partial charge is 0.494 e. The molecule has 0 radical (unpaired) electrons. The summed E-state index contributed by atoms with van der Waals surface area (Å²) >= 11 is 0. The highest BCUT2D eigenvalue weighted by atomic mass is 16.5. The lowest BCUT2D eigenvalue weighted by molar-refractivity contribution is -0.138. The lowest BCUT2D eigenvalue weighted by Gasteiger charge is -2.11. The van der Waals surface area contributed by atoms with Crippen LogP contribution in [0.4, 0.5) is 0 Å². The number of aryl methyl sites for hydroxylation is 1. The van der Waals surface area contributed by atoms with Crippen LogP contribution < -0.4 is 4.74 Å². The van der Waals surface area contributed by atoms with Crippen molar-refractivity contribution in [3.8, 4) is 5.75 Å². The zero-order valence-corrected chi connectivity index (χ0v) is 10.6. The monoisotopic (exact) mass is 245 g/mol. The van der Waals surface area contributed by atoms with Gasteiger partial charge in [0.25, 0.3) is 0 Å². The molecule has 1 heterocycles. The molecule has 0 aliphatic rings. The van der Waals surface area contributed by atoms with E-state index in [0.29, 0.717) is 17.0 Å². The third-order valence-electron chi connectivity index (χ3n) is 3.06. The van der Waals surface area contributed by atoms with Crippen molar-refractivity contribution in [2.24, 2.45) is 0 Å². The van der Waals surface area contributed by atoms with Crippen molar-refractivity contribution in [1.82, 2.24) is 4.98 Å². The number of hydrogen-bond acceptors (Lipinski definition) is 3. The number of methoxy groups -OCH3 is 1. The lowest BCUT2D eigenvalue weighted by Crippen LogP contribution is -2.09. The van der Waals surface area contributed by atoms with E-state index in [9.17, 15) is 4.79 Å². The molecule has 94 valence electrons. The summed E-state index contributed by atoms with van der Waals surface area (Å²) in [5, 5.41) is 10.0. The van der Waals surface area contributed by atoms with E-state index in [1.807, 2.05) is 31.2 Å². The van der Waals surface area contributed by atoms with Gasteiger partial charge in [-0.1, -0.05) is 12.1 Å². The fourth-order valence-corrected chi connectivity index (χ4v) is 1.93. The molecule has 4 heteroatoms. The van der Waals surface area contributed by atoms with E-state index in [4.69, 9.17) is 9.84 Å². The van der Waals surface area contributed by atoms with Gasteiger partial charge in [-0.05, 0) is 31.5 Å². The molecule has 2 aromatic rings. The number of hydrogen-bond donors (Lipinski definition) is 1. The van der Waals surface area contributed by atoms with Crippen LogP contribution in [0.15, 0.2) is 24.3 Å². The van der Waals surface area contributed by atoms with Crippen LogP contribution >= 0.6 is 0 Å². The van der Waals surface area contributed by atoms with Crippen molar-refractivity contribution in [2.75, 3.05) is 7.11 Å². The Kier molecular flexibility index (Phi) is 3.19. The number of rotatable bonds is 3. The van der Waals surface area contributed by atoms with E-state index < -0.39 is 11.9 Å². The zero-order valence-electron chi connectivity index (χ0n) is 10.6. The average Bonchev–Trinajstić information content (AvgIpc) is 2.37. The summed E-state index contributed by atoms with van der Waals surface area (Å²) in [7, 11) is 1.58. The van der Waals surface area contributed by atoms with E-state index in [2.05, 4.69) is 4.98 Å². The number of benzene rings is 1. The molecular formula is C14H15NO3. The van der Waals surface area contributed by atoms with Gasteiger partial charge in [0, 0.05) is 5.39 Å². The molecule has 18 heavy (non-hydrogen) atoms. The Bertz CT molecular complexity index is 607. The minimum atomic E-state index is -0.879. The molecule has 0 spiro atoms. The maximum Gasteiger partial charge on any atom is 0.312 e. The molecule has 4 nitrogen and oxygen atoms in total. The summed E-state index contributed by atoms with van der Waals surface area (Å²) in [5.41, 5.74) is 2.27.